The number of rotatable bonds is 2. The number of aromatic nitrogens is 1. The molecule has 39 heavy (non-hydrogen) atoms. The van der Waals surface area contributed by atoms with Crippen molar-refractivity contribution in [3.63, 3.8) is 0 Å². The van der Waals surface area contributed by atoms with Crippen molar-refractivity contribution < 1.29 is 37.3 Å². The Kier molecular flexibility index (Phi) is 13.0. The summed E-state index contributed by atoms with van der Waals surface area (Å²) in [6, 6.07) is 39.6. The first kappa shape index (κ1) is 32.3. The zero-order valence-electron chi connectivity index (χ0n) is 24.8. The van der Waals surface area contributed by atoms with Crippen molar-refractivity contribution in [3.8, 4) is 22.4 Å². The zero-order valence-corrected chi connectivity index (χ0v) is 27.6. The third kappa shape index (κ3) is 6.48. The molecule has 2 heteroatoms. The summed E-state index contributed by atoms with van der Waals surface area (Å²) in [7, 11) is 2.08. The van der Waals surface area contributed by atoms with Gasteiger partial charge in [0, 0.05) is 38.8 Å². The molecule has 0 aliphatic heterocycles. The molecule has 1 radical (unpaired) electrons. The van der Waals surface area contributed by atoms with Crippen LogP contribution in [0.15, 0.2) is 97.2 Å². The summed E-state index contributed by atoms with van der Waals surface area (Å²) in [5.74, 6) is 0. The average molecular weight is 588 g/mol. The van der Waals surface area contributed by atoms with Gasteiger partial charge in [-0.15, -0.1) is 23.1 Å². The fourth-order valence-corrected chi connectivity index (χ4v) is 4.87. The molecule has 0 saturated carbocycles. The van der Waals surface area contributed by atoms with E-state index in [1.165, 1.54) is 37.9 Å². The van der Waals surface area contributed by atoms with Gasteiger partial charge in [-0.2, -0.15) is 29.8 Å². The molecule has 1 aromatic heterocycles. The van der Waals surface area contributed by atoms with Gasteiger partial charge in [0.25, 0.3) is 0 Å². The van der Waals surface area contributed by atoms with E-state index >= 15 is 0 Å². The Labute approximate surface area is 260 Å². The molecule has 0 atom stereocenters. The predicted molar refractivity (Wildman–Crippen MR) is 167 cm³/mol. The zero-order chi connectivity index (χ0) is 27.7. The molecule has 5 aromatic carbocycles. The molecular formula is C37H40NY-. The number of hydrogen-bond donors (Lipinski definition) is 0. The van der Waals surface area contributed by atoms with Crippen molar-refractivity contribution in [2.75, 3.05) is 0 Å². The van der Waals surface area contributed by atoms with Crippen LogP contribution in [0.1, 0.15) is 47.1 Å². The van der Waals surface area contributed by atoms with Crippen LogP contribution < -0.4 is 4.57 Å². The van der Waals surface area contributed by atoms with E-state index in [0.717, 1.165) is 22.4 Å². The van der Waals surface area contributed by atoms with E-state index in [2.05, 4.69) is 128 Å². The van der Waals surface area contributed by atoms with Gasteiger partial charge in [-0.3, -0.25) is 0 Å². The number of fused-ring (bicyclic) bond motifs is 6. The maximum Gasteiger partial charge on any atom is 0.161 e. The standard InChI is InChI=1S/C31H22N.3C2H6.Y/c1-21-17-18-22(20-29(21)30-16-7-8-19-32(30)2)23-14-9-15-28-26-11-4-3-10-24(26)25-12-5-6-13-27(25)31(23)28;3*1-2;/h3-13,15-19H,1-2H3;3*1-2H3;/q-1;;;;. The number of hydrogen-bond acceptors (Lipinski definition) is 0. The second kappa shape index (κ2) is 15.7. The number of aryl methyl sites for hydroxylation is 2. The van der Waals surface area contributed by atoms with Crippen LogP contribution in [0.5, 0.6) is 0 Å². The van der Waals surface area contributed by atoms with Gasteiger partial charge in [-0.05, 0) is 22.2 Å². The fraction of sp³-hybridized carbons (Fsp3) is 0.216. The van der Waals surface area contributed by atoms with Crippen molar-refractivity contribution in [2.45, 2.75) is 48.5 Å². The minimum Gasteiger partial charge on any atom is -0.234 e. The molecule has 0 aliphatic rings. The topological polar surface area (TPSA) is 3.88 Å². The first-order valence-electron chi connectivity index (χ1n) is 13.9. The van der Waals surface area contributed by atoms with E-state index in [-0.39, 0.29) is 32.7 Å². The van der Waals surface area contributed by atoms with Crippen LogP contribution in [-0.4, -0.2) is 0 Å². The van der Waals surface area contributed by atoms with Crippen LogP contribution in [0.2, 0.25) is 0 Å². The fourth-order valence-electron chi connectivity index (χ4n) is 4.87. The first-order chi connectivity index (χ1) is 18.7. The first-order valence-corrected chi connectivity index (χ1v) is 13.9. The van der Waals surface area contributed by atoms with Gasteiger partial charge >= 0.3 is 0 Å². The molecule has 0 unspecified atom stereocenters. The largest absolute Gasteiger partial charge is 0.234 e. The third-order valence-electron chi connectivity index (χ3n) is 6.44. The SMILES string of the molecule is CC.CC.CC.Cc1ccc(-c2[c-]ccc3c4ccccc4c4ccccc4c23)[c-]c1-c1cccc[n+]1C.[Y]. The van der Waals surface area contributed by atoms with Gasteiger partial charge in [-0.1, -0.05) is 119 Å². The Morgan fingerprint density at radius 3 is 1.67 bits per heavy atom. The molecular weight excluding hydrogens is 547 g/mol. The molecule has 6 rings (SSSR count). The Balaban J connectivity index is 0.000000716. The van der Waals surface area contributed by atoms with E-state index in [0.29, 0.717) is 0 Å². The van der Waals surface area contributed by atoms with Crippen molar-refractivity contribution in [3.05, 3.63) is 115 Å². The average Bonchev–Trinajstić information content (AvgIpc) is 3.01. The van der Waals surface area contributed by atoms with E-state index in [1.54, 1.807) is 0 Å². The van der Waals surface area contributed by atoms with Gasteiger partial charge < -0.3 is 0 Å². The molecule has 0 amide bonds. The van der Waals surface area contributed by atoms with E-state index < -0.39 is 0 Å². The minimum atomic E-state index is 0. The number of benzene rings is 5. The van der Waals surface area contributed by atoms with Crippen LogP contribution >= 0.6 is 0 Å². The Hall–Kier alpha value is -2.87. The molecule has 0 N–H and O–H groups in total. The summed E-state index contributed by atoms with van der Waals surface area (Å²) in [5.41, 5.74) is 5.67. The Morgan fingerprint density at radius 2 is 1.08 bits per heavy atom. The van der Waals surface area contributed by atoms with Crippen LogP contribution in [-0.2, 0) is 39.8 Å². The molecule has 6 aromatic rings. The number of nitrogens with zero attached hydrogens (tertiary/aromatic N) is 1. The second-order valence-corrected chi connectivity index (χ2v) is 8.36. The maximum absolute atomic E-state index is 3.74. The Morgan fingerprint density at radius 1 is 0.564 bits per heavy atom. The molecule has 0 saturated heterocycles. The van der Waals surface area contributed by atoms with Crippen LogP contribution in [0, 0.1) is 19.1 Å². The van der Waals surface area contributed by atoms with E-state index in [9.17, 15) is 0 Å². The number of pyridine rings is 1. The molecule has 0 fully saturated rings. The summed E-state index contributed by atoms with van der Waals surface area (Å²) in [5, 5.41) is 7.60. The Bertz CT molecular complexity index is 1600. The summed E-state index contributed by atoms with van der Waals surface area (Å²) in [4.78, 5) is 0. The third-order valence-corrected chi connectivity index (χ3v) is 6.44. The molecule has 197 valence electrons. The van der Waals surface area contributed by atoms with E-state index in [4.69, 9.17) is 0 Å². The van der Waals surface area contributed by atoms with Crippen LogP contribution in [0.3, 0.4) is 0 Å². The van der Waals surface area contributed by atoms with Crippen molar-refractivity contribution >= 4 is 32.3 Å². The molecule has 0 aliphatic carbocycles. The summed E-state index contributed by atoms with van der Waals surface area (Å²) >= 11 is 0. The molecule has 1 nitrogen and oxygen atoms in total. The van der Waals surface area contributed by atoms with Crippen LogP contribution in [0.25, 0.3) is 54.7 Å². The summed E-state index contributed by atoms with van der Waals surface area (Å²) in [6.07, 6.45) is 2.08. The monoisotopic (exact) mass is 587 g/mol. The molecule has 1 heterocycles. The van der Waals surface area contributed by atoms with Gasteiger partial charge in [-0.25, -0.2) is 10.1 Å². The second-order valence-electron chi connectivity index (χ2n) is 8.36. The predicted octanol–water partition coefficient (Wildman–Crippen LogP) is 10.3. The van der Waals surface area contributed by atoms with Gasteiger partial charge in [0.05, 0.1) is 0 Å². The minimum absolute atomic E-state index is 0. The van der Waals surface area contributed by atoms with Crippen molar-refractivity contribution in [1.82, 2.24) is 0 Å². The van der Waals surface area contributed by atoms with Crippen molar-refractivity contribution in [1.29, 1.82) is 0 Å². The van der Waals surface area contributed by atoms with Crippen molar-refractivity contribution in [2.24, 2.45) is 7.05 Å². The van der Waals surface area contributed by atoms with Crippen LogP contribution in [0.4, 0.5) is 0 Å². The summed E-state index contributed by atoms with van der Waals surface area (Å²) in [6.45, 7) is 14.2. The molecule has 0 bridgehead atoms. The van der Waals surface area contributed by atoms with Gasteiger partial charge in [0.15, 0.2) is 6.20 Å². The quantitative estimate of drug-likeness (QED) is 0.108. The smallest absolute Gasteiger partial charge is 0.161 e. The maximum atomic E-state index is 3.74. The van der Waals surface area contributed by atoms with Gasteiger partial charge in [0.2, 0.25) is 0 Å². The summed E-state index contributed by atoms with van der Waals surface area (Å²) < 4.78 is 2.15. The molecule has 0 spiro atoms. The van der Waals surface area contributed by atoms with Gasteiger partial charge in [0.1, 0.15) is 12.7 Å². The normalized spacial score (nSPS) is 9.85. The van der Waals surface area contributed by atoms with E-state index in [1.807, 2.05) is 41.5 Å².